The third-order valence-corrected chi connectivity index (χ3v) is 3.16. The third kappa shape index (κ3) is 3.93. The van der Waals surface area contributed by atoms with E-state index in [1.807, 2.05) is 37.4 Å². The Morgan fingerprint density at radius 1 is 1.15 bits per heavy atom. The second kappa shape index (κ2) is 7.46. The van der Waals surface area contributed by atoms with E-state index in [1.165, 1.54) is 0 Å². The maximum Gasteiger partial charge on any atom is 0.127 e. The van der Waals surface area contributed by atoms with E-state index in [4.69, 9.17) is 5.73 Å². The van der Waals surface area contributed by atoms with Crippen molar-refractivity contribution in [3.8, 4) is 0 Å². The number of allylic oxidation sites excluding steroid dienone is 8. The molecule has 0 amide bonds. The molecule has 0 saturated carbocycles. The molecule has 0 aromatic heterocycles. The summed E-state index contributed by atoms with van der Waals surface area (Å²) in [5.74, 6) is 0.554. The molecule has 0 spiro atoms. The van der Waals surface area contributed by atoms with Gasteiger partial charge in [0.25, 0.3) is 0 Å². The van der Waals surface area contributed by atoms with Gasteiger partial charge in [0.2, 0.25) is 0 Å². The molecule has 0 aromatic rings. The van der Waals surface area contributed by atoms with Crippen LogP contribution in [0.1, 0.15) is 12.8 Å². The fourth-order valence-corrected chi connectivity index (χ4v) is 2.07. The molecule has 0 aromatic carbocycles. The minimum Gasteiger partial charge on any atom is -0.383 e. The van der Waals surface area contributed by atoms with Crippen LogP contribution in [-0.2, 0) is 0 Å². The van der Waals surface area contributed by atoms with Gasteiger partial charge in [0.15, 0.2) is 0 Å². The molecule has 0 aliphatic heterocycles. The number of nitrogens with zero attached hydrogens (tertiary/aromatic N) is 1. The van der Waals surface area contributed by atoms with Gasteiger partial charge < -0.3 is 5.73 Å². The highest BCUT2D eigenvalue weighted by Gasteiger charge is 2.10. The number of amidine groups is 1. The van der Waals surface area contributed by atoms with Crippen molar-refractivity contribution in [1.82, 2.24) is 5.32 Å². The first kappa shape index (κ1) is 14.3. The van der Waals surface area contributed by atoms with E-state index >= 15 is 0 Å². The molecule has 2 rings (SSSR count). The Morgan fingerprint density at radius 3 is 2.85 bits per heavy atom. The van der Waals surface area contributed by atoms with Crippen LogP contribution in [0.15, 0.2) is 76.9 Å². The van der Waals surface area contributed by atoms with Crippen LogP contribution in [0.5, 0.6) is 0 Å². The minimum absolute atomic E-state index is 0.118. The number of hydrogen-bond acceptors (Lipinski definition) is 2. The van der Waals surface area contributed by atoms with Gasteiger partial charge in [-0.05, 0) is 25.5 Å². The molecule has 2 aliphatic carbocycles. The molecule has 1 atom stereocenters. The average molecular weight is 267 g/mol. The topological polar surface area (TPSA) is 50.4 Å². The highest BCUT2D eigenvalue weighted by Crippen LogP contribution is 2.12. The summed E-state index contributed by atoms with van der Waals surface area (Å²) in [7, 11) is 1.89. The maximum atomic E-state index is 6.13. The zero-order chi connectivity index (χ0) is 14.2. The molecule has 0 radical (unpaired) electrons. The summed E-state index contributed by atoms with van der Waals surface area (Å²) in [6.45, 7) is 0. The van der Waals surface area contributed by atoms with Crippen LogP contribution in [-0.4, -0.2) is 19.0 Å². The van der Waals surface area contributed by atoms with Crippen molar-refractivity contribution in [3.63, 3.8) is 0 Å². The Balaban J connectivity index is 2.19. The Morgan fingerprint density at radius 2 is 2.00 bits per heavy atom. The largest absolute Gasteiger partial charge is 0.383 e. The van der Waals surface area contributed by atoms with Gasteiger partial charge in [-0.15, -0.1) is 0 Å². The van der Waals surface area contributed by atoms with Gasteiger partial charge in [0.05, 0.1) is 0 Å². The molecule has 0 heterocycles. The summed E-state index contributed by atoms with van der Waals surface area (Å²) in [5, 5.41) is 3.20. The summed E-state index contributed by atoms with van der Waals surface area (Å²) in [6, 6.07) is 0. The van der Waals surface area contributed by atoms with Gasteiger partial charge >= 0.3 is 0 Å². The molecule has 0 saturated heterocycles. The molecule has 20 heavy (non-hydrogen) atoms. The number of hydrogen-bond donors (Lipinski definition) is 2. The first-order valence-corrected chi connectivity index (χ1v) is 6.89. The summed E-state index contributed by atoms with van der Waals surface area (Å²) >= 11 is 0. The van der Waals surface area contributed by atoms with Crippen molar-refractivity contribution >= 4 is 5.84 Å². The van der Waals surface area contributed by atoms with E-state index in [2.05, 4.69) is 40.7 Å². The van der Waals surface area contributed by atoms with Crippen molar-refractivity contribution < 1.29 is 0 Å². The lowest BCUT2D eigenvalue weighted by Crippen LogP contribution is -2.28. The standard InChI is InChI=1S/C17H21N3/c1-19-17(15-12-8-4-5-9-13-15)20-16(18)14-10-6-2-3-7-11-14/h2,4-8,10-13,17,19H,3,9H2,1H3,(H2,18,20). The maximum absolute atomic E-state index is 6.13. The van der Waals surface area contributed by atoms with E-state index in [0.717, 1.165) is 24.0 Å². The first-order valence-electron chi connectivity index (χ1n) is 6.89. The lowest BCUT2D eigenvalue weighted by atomic mass is 10.1. The highest BCUT2D eigenvalue weighted by molar-refractivity contribution is 6.00. The zero-order valence-electron chi connectivity index (χ0n) is 11.8. The Bertz CT molecular complexity index is 543. The quantitative estimate of drug-likeness (QED) is 0.608. The Hall–Kier alpha value is -2.13. The number of nitrogens with one attached hydrogen (secondary N) is 1. The molecule has 104 valence electrons. The monoisotopic (exact) mass is 267 g/mol. The van der Waals surface area contributed by atoms with Crippen LogP contribution < -0.4 is 11.1 Å². The third-order valence-electron chi connectivity index (χ3n) is 3.16. The number of rotatable bonds is 4. The van der Waals surface area contributed by atoms with Gasteiger partial charge in [-0.3, -0.25) is 5.32 Å². The molecule has 3 N–H and O–H groups in total. The van der Waals surface area contributed by atoms with Crippen molar-refractivity contribution in [2.24, 2.45) is 10.7 Å². The van der Waals surface area contributed by atoms with Crippen LogP contribution in [0.25, 0.3) is 0 Å². The minimum atomic E-state index is -0.118. The van der Waals surface area contributed by atoms with E-state index in [9.17, 15) is 0 Å². The van der Waals surface area contributed by atoms with Crippen LogP contribution in [0.3, 0.4) is 0 Å². The number of aliphatic imine (C=N–C) groups is 1. The fraction of sp³-hybridized carbons (Fsp3) is 0.235. The van der Waals surface area contributed by atoms with Gasteiger partial charge in [-0.2, -0.15) is 0 Å². The van der Waals surface area contributed by atoms with Crippen molar-refractivity contribution in [1.29, 1.82) is 0 Å². The van der Waals surface area contributed by atoms with Crippen molar-refractivity contribution in [2.75, 3.05) is 7.05 Å². The molecule has 1 unspecified atom stereocenters. The van der Waals surface area contributed by atoms with Gasteiger partial charge in [-0.1, -0.05) is 60.8 Å². The van der Waals surface area contributed by atoms with Crippen LogP contribution in [0.2, 0.25) is 0 Å². The predicted octanol–water partition coefficient (Wildman–Crippen LogP) is 2.77. The lowest BCUT2D eigenvalue weighted by molar-refractivity contribution is 0.676. The van der Waals surface area contributed by atoms with Crippen LogP contribution in [0.4, 0.5) is 0 Å². The average Bonchev–Trinajstić information content (AvgIpc) is 2.89. The van der Waals surface area contributed by atoms with Gasteiger partial charge in [0.1, 0.15) is 12.0 Å². The van der Waals surface area contributed by atoms with E-state index in [1.54, 1.807) is 0 Å². The van der Waals surface area contributed by atoms with E-state index in [-0.39, 0.29) is 6.17 Å². The molecule has 3 nitrogen and oxygen atoms in total. The molecular formula is C17H21N3. The Kier molecular flexibility index (Phi) is 5.33. The molecule has 3 heteroatoms. The second-order valence-electron chi connectivity index (χ2n) is 4.62. The van der Waals surface area contributed by atoms with Crippen molar-refractivity contribution in [3.05, 3.63) is 71.9 Å². The summed E-state index contributed by atoms with van der Waals surface area (Å²) in [5.41, 5.74) is 8.22. The Labute approximate surface area is 120 Å². The van der Waals surface area contributed by atoms with Gasteiger partial charge in [-0.25, -0.2) is 4.99 Å². The zero-order valence-corrected chi connectivity index (χ0v) is 11.8. The molecular weight excluding hydrogens is 246 g/mol. The first-order chi connectivity index (χ1) is 9.81. The molecule has 0 bridgehead atoms. The van der Waals surface area contributed by atoms with E-state index < -0.39 is 0 Å². The van der Waals surface area contributed by atoms with E-state index in [0.29, 0.717) is 5.84 Å². The van der Waals surface area contributed by atoms with Crippen LogP contribution >= 0.6 is 0 Å². The SMILES string of the molecule is CNC(N=C(N)C1=CC=CCC=C1)C1=CCC=CC=C1. The number of likely N-dealkylation sites (N-methyl/N-ethyl adjacent to an activating group) is 1. The van der Waals surface area contributed by atoms with Crippen LogP contribution in [0, 0.1) is 0 Å². The predicted molar refractivity (Wildman–Crippen MR) is 86.4 cm³/mol. The number of nitrogens with two attached hydrogens (primary N) is 1. The molecule has 0 fully saturated rings. The summed E-state index contributed by atoms with van der Waals surface area (Å²) < 4.78 is 0. The normalized spacial score (nSPS) is 20.1. The summed E-state index contributed by atoms with van der Waals surface area (Å²) in [4.78, 5) is 4.61. The highest BCUT2D eigenvalue weighted by atomic mass is 15.1. The smallest absolute Gasteiger partial charge is 0.127 e. The summed E-state index contributed by atoms with van der Waals surface area (Å²) in [6.07, 6.45) is 22.4. The lowest BCUT2D eigenvalue weighted by Gasteiger charge is -2.14. The van der Waals surface area contributed by atoms with Gasteiger partial charge in [0, 0.05) is 5.57 Å². The fourth-order valence-electron chi connectivity index (χ4n) is 2.07. The van der Waals surface area contributed by atoms with Crippen molar-refractivity contribution in [2.45, 2.75) is 19.0 Å². The molecule has 2 aliphatic rings. The second-order valence-corrected chi connectivity index (χ2v) is 4.62.